The molecule has 0 aliphatic rings. The molecule has 0 atom stereocenters. The summed E-state index contributed by atoms with van der Waals surface area (Å²) in [6.07, 6.45) is 3.54. The number of nitrogens with two attached hydrogens (primary N) is 1. The first-order valence-electron chi connectivity index (χ1n) is 6.75. The molecule has 0 fully saturated rings. The van der Waals surface area contributed by atoms with E-state index < -0.39 is 0 Å². The average Bonchev–Trinajstić information content (AvgIpc) is 2.46. The van der Waals surface area contributed by atoms with Gasteiger partial charge in [-0.05, 0) is 30.5 Å². The van der Waals surface area contributed by atoms with Crippen LogP contribution in [0.1, 0.15) is 25.3 Å². The maximum Gasteiger partial charge on any atom is 0.225 e. The van der Waals surface area contributed by atoms with Crippen LogP contribution in [0, 0.1) is 0 Å². The van der Waals surface area contributed by atoms with Crippen molar-refractivity contribution in [2.45, 2.75) is 26.2 Å². The lowest BCUT2D eigenvalue weighted by molar-refractivity contribution is 0.398. The molecule has 3 N–H and O–H groups in total. The molecule has 0 aliphatic carbocycles. The molecule has 2 rings (SSSR count). The van der Waals surface area contributed by atoms with Crippen molar-refractivity contribution in [2.75, 3.05) is 18.2 Å². The molecule has 5 nitrogen and oxygen atoms in total. The average molecular weight is 272 g/mol. The summed E-state index contributed by atoms with van der Waals surface area (Å²) >= 11 is 0. The van der Waals surface area contributed by atoms with Crippen molar-refractivity contribution in [2.24, 2.45) is 0 Å². The fourth-order valence-corrected chi connectivity index (χ4v) is 1.89. The second kappa shape index (κ2) is 6.75. The van der Waals surface area contributed by atoms with Crippen LogP contribution < -0.4 is 15.8 Å². The minimum Gasteiger partial charge on any atom is -0.481 e. The van der Waals surface area contributed by atoms with Crippen LogP contribution in [0.25, 0.3) is 0 Å². The monoisotopic (exact) mass is 272 g/mol. The zero-order valence-electron chi connectivity index (χ0n) is 11.9. The number of nitrogen functional groups attached to an aromatic ring is 1. The van der Waals surface area contributed by atoms with Crippen molar-refractivity contribution in [3.63, 3.8) is 0 Å². The molecule has 5 heteroatoms. The third kappa shape index (κ3) is 3.85. The fraction of sp³-hybridized carbons (Fsp3) is 0.333. The van der Waals surface area contributed by atoms with E-state index in [1.807, 2.05) is 12.1 Å². The van der Waals surface area contributed by atoms with Crippen LogP contribution in [0.3, 0.4) is 0 Å². The van der Waals surface area contributed by atoms with Crippen molar-refractivity contribution < 1.29 is 4.74 Å². The number of nitrogens with one attached hydrogen (secondary N) is 1. The second-order valence-corrected chi connectivity index (χ2v) is 4.58. The van der Waals surface area contributed by atoms with Gasteiger partial charge in [0.25, 0.3) is 0 Å². The molecule has 0 aliphatic heterocycles. The first kappa shape index (κ1) is 14.1. The Labute approximate surface area is 119 Å². The normalized spacial score (nSPS) is 10.3. The highest BCUT2D eigenvalue weighted by molar-refractivity contribution is 5.58. The van der Waals surface area contributed by atoms with Gasteiger partial charge in [-0.25, -0.2) is 0 Å². The standard InChI is InChI=1S/C15H20N4O/c1-3-4-5-11-6-8-12(9-7-11)17-13-10-14(20-2)19-15(16)18-13/h6-10H,3-5H2,1-2H3,(H3,16,17,18,19). The second-order valence-electron chi connectivity index (χ2n) is 4.58. The van der Waals surface area contributed by atoms with Crippen LogP contribution in [-0.4, -0.2) is 17.1 Å². The van der Waals surface area contributed by atoms with Crippen LogP contribution >= 0.6 is 0 Å². The Bertz CT molecular complexity index is 554. The lowest BCUT2D eigenvalue weighted by atomic mass is 10.1. The van der Waals surface area contributed by atoms with Gasteiger partial charge in [0.1, 0.15) is 5.82 Å². The summed E-state index contributed by atoms with van der Waals surface area (Å²) in [5, 5.41) is 3.19. The van der Waals surface area contributed by atoms with Crippen LogP contribution in [-0.2, 0) is 6.42 Å². The topological polar surface area (TPSA) is 73.1 Å². The molecule has 2 aromatic rings. The van der Waals surface area contributed by atoms with Gasteiger partial charge in [-0.1, -0.05) is 25.5 Å². The number of ether oxygens (including phenoxy) is 1. The zero-order valence-corrected chi connectivity index (χ0v) is 11.9. The van der Waals surface area contributed by atoms with Gasteiger partial charge >= 0.3 is 0 Å². The largest absolute Gasteiger partial charge is 0.481 e. The van der Waals surface area contributed by atoms with Crippen molar-refractivity contribution in [3.8, 4) is 5.88 Å². The first-order valence-corrected chi connectivity index (χ1v) is 6.75. The van der Waals surface area contributed by atoms with Crippen molar-refractivity contribution in [1.29, 1.82) is 0 Å². The Hall–Kier alpha value is -2.30. The van der Waals surface area contributed by atoms with E-state index in [9.17, 15) is 0 Å². The highest BCUT2D eigenvalue weighted by atomic mass is 16.5. The minimum atomic E-state index is 0.186. The highest BCUT2D eigenvalue weighted by Gasteiger charge is 2.03. The number of methoxy groups -OCH3 is 1. The zero-order chi connectivity index (χ0) is 14.4. The molecular formula is C15H20N4O. The van der Waals surface area contributed by atoms with E-state index in [0.29, 0.717) is 11.7 Å². The Balaban J connectivity index is 2.07. The Morgan fingerprint density at radius 3 is 2.60 bits per heavy atom. The molecule has 0 amide bonds. The molecule has 1 heterocycles. The predicted molar refractivity (Wildman–Crippen MR) is 81.3 cm³/mol. The Morgan fingerprint density at radius 1 is 1.20 bits per heavy atom. The van der Waals surface area contributed by atoms with Crippen molar-refractivity contribution in [1.82, 2.24) is 9.97 Å². The number of hydrogen-bond donors (Lipinski definition) is 2. The van der Waals surface area contributed by atoms with Crippen LogP contribution in [0.2, 0.25) is 0 Å². The number of aryl methyl sites for hydroxylation is 1. The molecular weight excluding hydrogens is 252 g/mol. The van der Waals surface area contributed by atoms with Gasteiger partial charge in [-0.2, -0.15) is 9.97 Å². The summed E-state index contributed by atoms with van der Waals surface area (Å²) in [7, 11) is 1.55. The summed E-state index contributed by atoms with van der Waals surface area (Å²) in [5.41, 5.74) is 7.93. The Morgan fingerprint density at radius 2 is 1.95 bits per heavy atom. The van der Waals surface area contributed by atoms with Gasteiger partial charge in [0.15, 0.2) is 0 Å². The number of unbranched alkanes of at least 4 members (excludes halogenated alkanes) is 1. The summed E-state index contributed by atoms with van der Waals surface area (Å²) < 4.78 is 5.07. The molecule has 0 saturated carbocycles. The smallest absolute Gasteiger partial charge is 0.225 e. The van der Waals surface area contributed by atoms with Gasteiger partial charge in [0.05, 0.1) is 7.11 Å². The third-order valence-corrected chi connectivity index (χ3v) is 2.97. The number of benzene rings is 1. The molecule has 1 aromatic carbocycles. The lowest BCUT2D eigenvalue weighted by Gasteiger charge is -2.08. The van der Waals surface area contributed by atoms with Gasteiger partial charge in [0, 0.05) is 11.8 Å². The maximum atomic E-state index is 5.63. The molecule has 0 saturated heterocycles. The SMILES string of the molecule is CCCCc1ccc(Nc2cc(OC)nc(N)n2)cc1. The highest BCUT2D eigenvalue weighted by Crippen LogP contribution is 2.20. The van der Waals surface area contributed by atoms with Gasteiger partial charge in [-0.15, -0.1) is 0 Å². The minimum absolute atomic E-state index is 0.186. The Kier molecular flexibility index (Phi) is 4.76. The van der Waals surface area contributed by atoms with Gasteiger partial charge in [-0.3, -0.25) is 0 Å². The van der Waals surface area contributed by atoms with Crippen LogP contribution in [0.4, 0.5) is 17.5 Å². The summed E-state index contributed by atoms with van der Waals surface area (Å²) in [6, 6.07) is 10.0. The third-order valence-electron chi connectivity index (χ3n) is 2.97. The number of hydrogen-bond acceptors (Lipinski definition) is 5. The van der Waals surface area contributed by atoms with Crippen LogP contribution in [0.15, 0.2) is 30.3 Å². The quantitative estimate of drug-likeness (QED) is 0.845. The van der Waals surface area contributed by atoms with E-state index in [-0.39, 0.29) is 5.95 Å². The summed E-state index contributed by atoms with van der Waals surface area (Å²) in [5.74, 6) is 1.25. The number of anilines is 3. The van der Waals surface area contributed by atoms with E-state index in [2.05, 4.69) is 34.3 Å². The van der Waals surface area contributed by atoms with E-state index in [1.54, 1.807) is 13.2 Å². The predicted octanol–water partition coefficient (Wildman–Crippen LogP) is 3.15. The number of nitrogens with zero attached hydrogens (tertiary/aromatic N) is 2. The van der Waals surface area contributed by atoms with Crippen LogP contribution in [0.5, 0.6) is 5.88 Å². The van der Waals surface area contributed by atoms with E-state index in [0.717, 1.165) is 12.1 Å². The van der Waals surface area contributed by atoms with Crippen molar-refractivity contribution in [3.05, 3.63) is 35.9 Å². The fourth-order valence-electron chi connectivity index (χ4n) is 1.89. The number of rotatable bonds is 6. The first-order chi connectivity index (χ1) is 9.71. The molecule has 1 aromatic heterocycles. The van der Waals surface area contributed by atoms with E-state index in [1.165, 1.54) is 18.4 Å². The van der Waals surface area contributed by atoms with Gasteiger partial charge in [0.2, 0.25) is 11.8 Å². The van der Waals surface area contributed by atoms with Gasteiger partial charge < -0.3 is 15.8 Å². The molecule has 20 heavy (non-hydrogen) atoms. The van der Waals surface area contributed by atoms with E-state index in [4.69, 9.17) is 10.5 Å². The summed E-state index contributed by atoms with van der Waals surface area (Å²) in [6.45, 7) is 2.20. The van der Waals surface area contributed by atoms with E-state index >= 15 is 0 Å². The molecule has 0 bridgehead atoms. The lowest BCUT2D eigenvalue weighted by Crippen LogP contribution is -2.01. The molecule has 0 spiro atoms. The molecule has 0 radical (unpaired) electrons. The maximum absolute atomic E-state index is 5.63. The number of aromatic nitrogens is 2. The van der Waals surface area contributed by atoms with Crippen molar-refractivity contribution >= 4 is 17.5 Å². The molecule has 106 valence electrons. The molecule has 0 unspecified atom stereocenters. The summed E-state index contributed by atoms with van der Waals surface area (Å²) in [4.78, 5) is 8.07.